The van der Waals surface area contributed by atoms with Gasteiger partial charge in [-0.05, 0) is 27.0 Å². The van der Waals surface area contributed by atoms with Gasteiger partial charge in [0.15, 0.2) is 0 Å². The van der Waals surface area contributed by atoms with E-state index >= 15 is 0 Å². The zero-order valence-electron chi connectivity index (χ0n) is 10.7. The van der Waals surface area contributed by atoms with Gasteiger partial charge in [-0.1, -0.05) is 18.2 Å². The van der Waals surface area contributed by atoms with E-state index in [0.717, 1.165) is 5.56 Å². The number of methoxy groups -OCH3 is 1. The molecule has 0 aromatic heterocycles. The smallest absolute Gasteiger partial charge is 0.311 e. The van der Waals surface area contributed by atoms with Crippen LogP contribution in [0.5, 0.6) is 5.75 Å². The molecule has 4 nitrogen and oxygen atoms in total. The Morgan fingerprint density at radius 3 is 2.47 bits per heavy atom. The fraction of sp³-hybridized carbons (Fsp3) is 0.462. The van der Waals surface area contributed by atoms with Crippen LogP contribution in [0.15, 0.2) is 24.3 Å². The summed E-state index contributed by atoms with van der Waals surface area (Å²) in [5.74, 6) is -0.149. The second-order valence-electron chi connectivity index (χ2n) is 4.49. The van der Waals surface area contributed by atoms with E-state index in [1.54, 1.807) is 28.0 Å². The summed E-state index contributed by atoms with van der Waals surface area (Å²) in [6.45, 7) is 3.39. The van der Waals surface area contributed by atoms with Crippen LogP contribution in [0.2, 0.25) is 0 Å². The highest BCUT2D eigenvalue weighted by Crippen LogP contribution is 2.37. The fourth-order valence-electron chi connectivity index (χ4n) is 1.93. The van der Waals surface area contributed by atoms with Crippen LogP contribution in [0, 0.1) is 5.41 Å². The number of carboxylic acids is 1. The molecule has 0 radical (unpaired) electrons. The maximum Gasteiger partial charge on any atom is 0.311 e. The average molecular weight is 237 g/mol. The van der Waals surface area contributed by atoms with Crippen molar-refractivity contribution in [2.75, 3.05) is 14.2 Å². The van der Waals surface area contributed by atoms with Crippen LogP contribution < -0.4 is 10.1 Å². The fourth-order valence-corrected chi connectivity index (χ4v) is 1.93. The summed E-state index contributed by atoms with van der Waals surface area (Å²) in [4.78, 5) is 11.3. The Hall–Kier alpha value is -1.55. The van der Waals surface area contributed by atoms with Gasteiger partial charge in [0.1, 0.15) is 5.75 Å². The van der Waals surface area contributed by atoms with Crippen molar-refractivity contribution in [2.45, 2.75) is 19.9 Å². The van der Waals surface area contributed by atoms with Crippen molar-refractivity contribution >= 4 is 5.97 Å². The Morgan fingerprint density at radius 1 is 1.41 bits per heavy atom. The number of ether oxygens (including phenoxy) is 1. The third-order valence-corrected chi connectivity index (χ3v) is 3.01. The monoisotopic (exact) mass is 237 g/mol. The van der Waals surface area contributed by atoms with Gasteiger partial charge in [0.05, 0.1) is 18.6 Å². The number of rotatable bonds is 5. The molecule has 1 unspecified atom stereocenters. The maximum absolute atomic E-state index is 11.3. The number of para-hydroxylation sites is 1. The highest BCUT2D eigenvalue weighted by molar-refractivity contribution is 5.75. The molecule has 0 fully saturated rings. The maximum atomic E-state index is 11.3. The van der Waals surface area contributed by atoms with Crippen molar-refractivity contribution in [3.05, 3.63) is 29.8 Å². The lowest BCUT2D eigenvalue weighted by Gasteiger charge is -2.31. The first-order valence-electron chi connectivity index (χ1n) is 5.48. The summed E-state index contributed by atoms with van der Waals surface area (Å²) in [6.07, 6.45) is 0. The van der Waals surface area contributed by atoms with Crippen LogP contribution in [0.25, 0.3) is 0 Å². The third kappa shape index (κ3) is 2.58. The molecule has 2 N–H and O–H groups in total. The average Bonchev–Trinajstić information content (AvgIpc) is 2.30. The Balaban J connectivity index is 3.22. The highest BCUT2D eigenvalue weighted by atomic mass is 16.5. The van der Waals surface area contributed by atoms with E-state index in [4.69, 9.17) is 4.74 Å². The first-order chi connectivity index (χ1) is 7.95. The van der Waals surface area contributed by atoms with Crippen LogP contribution in [0.4, 0.5) is 0 Å². The molecule has 0 aliphatic heterocycles. The summed E-state index contributed by atoms with van der Waals surface area (Å²) in [6, 6.07) is 7.14. The van der Waals surface area contributed by atoms with Crippen molar-refractivity contribution < 1.29 is 14.6 Å². The standard InChI is InChI=1S/C13H19NO3/c1-13(2,12(15)16)11(14-3)9-7-5-6-8-10(9)17-4/h5-8,11,14H,1-4H3,(H,15,16). The minimum atomic E-state index is -0.913. The van der Waals surface area contributed by atoms with E-state index in [9.17, 15) is 9.90 Å². The molecule has 0 amide bonds. The summed E-state index contributed by atoms with van der Waals surface area (Å²) < 4.78 is 5.27. The first kappa shape index (κ1) is 13.5. The zero-order valence-corrected chi connectivity index (χ0v) is 10.7. The van der Waals surface area contributed by atoms with Gasteiger partial charge in [0, 0.05) is 5.56 Å². The minimum Gasteiger partial charge on any atom is -0.496 e. The third-order valence-electron chi connectivity index (χ3n) is 3.01. The molecule has 0 bridgehead atoms. The molecule has 0 heterocycles. The van der Waals surface area contributed by atoms with Crippen LogP contribution in [0.1, 0.15) is 25.5 Å². The van der Waals surface area contributed by atoms with Gasteiger partial charge in [-0.3, -0.25) is 4.79 Å². The quantitative estimate of drug-likeness (QED) is 0.823. The van der Waals surface area contributed by atoms with Gasteiger partial charge in [0.2, 0.25) is 0 Å². The molecular formula is C13H19NO3. The van der Waals surface area contributed by atoms with Crippen LogP contribution in [-0.4, -0.2) is 25.2 Å². The van der Waals surface area contributed by atoms with Crippen molar-refractivity contribution in [3.8, 4) is 5.75 Å². The molecular weight excluding hydrogens is 218 g/mol. The van der Waals surface area contributed by atoms with E-state index in [1.165, 1.54) is 0 Å². The van der Waals surface area contributed by atoms with Gasteiger partial charge in [-0.2, -0.15) is 0 Å². The minimum absolute atomic E-state index is 0.309. The lowest BCUT2D eigenvalue weighted by Crippen LogP contribution is -2.38. The summed E-state index contributed by atoms with van der Waals surface area (Å²) in [7, 11) is 3.33. The van der Waals surface area contributed by atoms with Gasteiger partial charge < -0.3 is 15.2 Å². The number of hydrogen-bond acceptors (Lipinski definition) is 3. The van der Waals surface area contributed by atoms with Crippen LogP contribution >= 0.6 is 0 Å². The normalized spacial score (nSPS) is 13.2. The van der Waals surface area contributed by atoms with Crippen LogP contribution in [0.3, 0.4) is 0 Å². The van der Waals surface area contributed by atoms with Gasteiger partial charge in [-0.15, -0.1) is 0 Å². The molecule has 1 aromatic rings. The molecule has 1 rings (SSSR count). The lowest BCUT2D eigenvalue weighted by atomic mass is 9.80. The van der Waals surface area contributed by atoms with E-state index in [1.807, 2.05) is 24.3 Å². The van der Waals surface area contributed by atoms with Crippen molar-refractivity contribution in [1.82, 2.24) is 5.32 Å². The zero-order chi connectivity index (χ0) is 13.1. The SMILES string of the molecule is CNC(c1ccccc1OC)C(C)(C)C(=O)O. The number of aliphatic carboxylic acids is 1. The van der Waals surface area contributed by atoms with Crippen LogP contribution in [-0.2, 0) is 4.79 Å². The molecule has 94 valence electrons. The van der Waals surface area contributed by atoms with Crippen molar-refractivity contribution in [1.29, 1.82) is 0 Å². The lowest BCUT2D eigenvalue weighted by molar-refractivity contribution is -0.148. The summed E-state index contributed by atoms with van der Waals surface area (Å²) in [5, 5.41) is 12.3. The number of nitrogens with one attached hydrogen (secondary N) is 1. The number of hydrogen-bond donors (Lipinski definition) is 2. The van der Waals surface area contributed by atoms with Gasteiger partial charge >= 0.3 is 5.97 Å². The second-order valence-corrected chi connectivity index (χ2v) is 4.49. The second kappa shape index (κ2) is 5.19. The van der Waals surface area contributed by atoms with E-state index in [2.05, 4.69) is 5.32 Å². The number of carbonyl (C=O) groups is 1. The molecule has 17 heavy (non-hydrogen) atoms. The first-order valence-corrected chi connectivity index (χ1v) is 5.48. The predicted octanol–water partition coefficient (Wildman–Crippen LogP) is 2.07. The molecule has 0 aliphatic carbocycles. The molecule has 0 saturated carbocycles. The number of benzene rings is 1. The summed E-state index contributed by atoms with van der Waals surface area (Å²) >= 11 is 0. The van der Waals surface area contributed by atoms with Crippen molar-refractivity contribution in [2.24, 2.45) is 5.41 Å². The Kier molecular flexibility index (Phi) is 4.12. The molecule has 4 heteroatoms. The molecule has 1 atom stereocenters. The van der Waals surface area contributed by atoms with Crippen molar-refractivity contribution in [3.63, 3.8) is 0 Å². The largest absolute Gasteiger partial charge is 0.496 e. The number of carboxylic acid groups (broad SMARTS) is 1. The molecule has 0 aliphatic rings. The Morgan fingerprint density at radius 2 is 2.00 bits per heavy atom. The topological polar surface area (TPSA) is 58.6 Å². The molecule has 0 spiro atoms. The van der Waals surface area contributed by atoms with E-state index < -0.39 is 11.4 Å². The Bertz CT molecular complexity index is 401. The van der Waals surface area contributed by atoms with E-state index in [0.29, 0.717) is 5.75 Å². The molecule has 1 aromatic carbocycles. The van der Waals surface area contributed by atoms with E-state index in [-0.39, 0.29) is 6.04 Å². The summed E-state index contributed by atoms with van der Waals surface area (Å²) in [5.41, 5.74) is -0.0616. The van der Waals surface area contributed by atoms with Gasteiger partial charge in [0.25, 0.3) is 0 Å². The highest BCUT2D eigenvalue weighted by Gasteiger charge is 2.38. The Labute approximate surface area is 102 Å². The van der Waals surface area contributed by atoms with Gasteiger partial charge in [-0.25, -0.2) is 0 Å². The predicted molar refractivity (Wildman–Crippen MR) is 66.2 cm³/mol. The molecule has 0 saturated heterocycles.